The first-order chi connectivity index (χ1) is 9.16. The number of carbonyl (C=O) groups excluding carboxylic acids is 1. The van der Waals surface area contributed by atoms with Crippen molar-refractivity contribution in [2.75, 3.05) is 26.0 Å². The summed E-state index contributed by atoms with van der Waals surface area (Å²) in [4.78, 5) is 10.9. The molecule has 0 bridgehead atoms. The van der Waals surface area contributed by atoms with E-state index in [0.29, 0.717) is 0 Å². The Balaban J connectivity index is 2.55. The Morgan fingerprint density at radius 2 is 2.10 bits per heavy atom. The summed E-state index contributed by atoms with van der Waals surface area (Å²) in [6, 6.07) is 0. The molecule has 5 nitrogen and oxygen atoms in total. The molecule has 0 aromatic carbocycles. The van der Waals surface area contributed by atoms with E-state index in [1.165, 1.54) is 7.11 Å². The molecule has 0 spiro atoms. The fraction of sp³-hybridized carbons (Fsp3) is 0.727. The summed E-state index contributed by atoms with van der Waals surface area (Å²) >= 11 is 0. The molecule has 1 aliphatic rings. The van der Waals surface area contributed by atoms with Gasteiger partial charge in [-0.1, -0.05) is 6.08 Å². The molecule has 1 aliphatic heterocycles. The first-order valence-corrected chi connectivity index (χ1v) is 7.58. The normalized spacial score (nSPS) is 17.7. The lowest BCUT2D eigenvalue weighted by molar-refractivity contribution is -0.140. The minimum Gasteiger partial charge on any atom is -0.469 e. The van der Waals surface area contributed by atoms with E-state index < -0.39 is 27.7 Å². The number of sulfonamides is 1. The van der Waals surface area contributed by atoms with Crippen molar-refractivity contribution in [1.29, 1.82) is 0 Å². The first-order valence-electron chi connectivity index (χ1n) is 5.97. The SMILES string of the molecule is COC(=O)CCCS(=O)(=O)N1CC=C(C(F)(F)F)CC1. The number of ether oxygens (including phenoxy) is 1. The van der Waals surface area contributed by atoms with Crippen molar-refractivity contribution in [3.8, 4) is 0 Å². The largest absolute Gasteiger partial charge is 0.469 e. The highest BCUT2D eigenvalue weighted by molar-refractivity contribution is 7.89. The highest BCUT2D eigenvalue weighted by Gasteiger charge is 2.36. The molecule has 1 rings (SSSR count). The van der Waals surface area contributed by atoms with E-state index in [4.69, 9.17) is 0 Å². The van der Waals surface area contributed by atoms with Crippen LogP contribution in [0.4, 0.5) is 13.2 Å². The van der Waals surface area contributed by atoms with Gasteiger partial charge >= 0.3 is 12.1 Å². The van der Waals surface area contributed by atoms with Crippen molar-refractivity contribution in [1.82, 2.24) is 4.31 Å². The Bertz CT molecular complexity index is 484. The van der Waals surface area contributed by atoms with E-state index in [2.05, 4.69) is 4.74 Å². The van der Waals surface area contributed by atoms with Crippen LogP contribution < -0.4 is 0 Å². The third-order valence-corrected chi connectivity index (χ3v) is 4.86. The molecule has 0 aliphatic carbocycles. The van der Waals surface area contributed by atoms with Crippen LogP contribution in [0.15, 0.2) is 11.6 Å². The molecule has 116 valence electrons. The fourth-order valence-corrected chi connectivity index (χ4v) is 3.23. The van der Waals surface area contributed by atoms with Crippen LogP contribution in [-0.2, 0) is 19.6 Å². The van der Waals surface area contributed by atoms with Crippen LogP contribution >= 0.6 is 0 Å². The topological polar surface area (TPSA) is 63.7 Å². The number of rotatable bonds is 5. The second-order valence-electron chi connectivity index (χ2n) is 4.33. The van der Waals surface area contributed by atoms with Gasteiger partial charge in [0.2, 0.25) is 10.0 Å². The molecule has 0 unspecified atom stereocenters. The number of hydrogen-bond acceptors (Lipinski definition) is 4. The zero-order valence-electron chi connectivity index (χ0n) is 10.9. The molecule has 0 aromatic rings. The van der Waals surface area contributed by atoms with E-state index in [9.17, 15) is 26.4 Å². The number of carbonyl (C=O) groups is 1. The number of esters is 1. The maximum atomic E-state index is 12.4. The van der Waals surface area contributed by atoms with Gasteiger partial charge in [0.1, 0.15) is 0 Å². The third-order valence-electron chi connectivity index (χ3n) is 2.94. The maximum Gasteiger partial charge on any atom is 0.412 e. The molecular weight excluding hydrogens is 299 g/mol. The summed E-state index contributed by atoms with van der Waals surface area (Å²) in [6.45, 7) is -0.471. The Morgan fingerprint density at radius 1 is 1.45 bits per heavy atom. The summed E-state index contributed by atoms with van der Waals surface area (Å²) < 4.78 is 66.4. The lowest BCUT2D eigenvalue weighted by Crippen LogP contribution is -2.38. The average molecular weight is 315 g/mol. The second-order valence-corrected chi connectivity index (χ2v) is 6.42. The Hall–Kier alpha value is -1.09. The Kier molecular flexibility index (Phi) is 5.58. The van der Waals surface area contributed by atoms with Gasteiger partial charge in [-0.15, -0.1) is 0 Å². The van der Waals surface area contributed by atoms with Gasteiger partial charge in [-0.2, -0.15) is 17.5 Å². The quantitative estimate of drug-likeness (QED) is 0.569. The van der Waals surface area contributed by atoms with E-state index in [1.54, 1.807) is 0 Å². The molecule has 0 N–H and O–H groups in total. The molecule has 0 fully saturated rings. The predicted octanol–water partition coefficient (Wildman–Crippen LogP) is 1.46. The monoisotopic (exact) mass is 315 g/mol. The summed E-state index contributed by atoms with van der Waals surface area (Å²) in [6.07, 6.45) is -3.81. The minimum absolute atomic E-state index is 0.0345. The highest BCUT2D eigenvalue weighted by Crippen LogP contribution is 2.30. The first kappa shape index (κ1) is 17.0. The molecule has 0 atom stereocenters. The van der Waals surface area contributed by atoms with Crippen molar-refractivity contribution < 1.29 is 31.1 Å². The molecule has 0 saturated carbocycles. The van der Waals surface area contributed by atoms with E-state index in [-0.39, 0.29) is 38.1 Å². The third kappa shape index (κ3) is 4.78. The molecule has 0 saturated heterocycles. The van der Waals surface area contributed by atoms with Crippen molar-refractivity contribution >= 4 is 16.0 Å². The molecule has 20 heavy (non-hydrogen) atoms. The van der Waals surface area contributed by atoms with Crippen molar-refractivity contribution in [2.45, 2.75) is 25.4 Å². The van der Waals surface area contributed by atoms with Crippen LogP contribution in [0, 0.1) is 0 Å². The smallest absolute Gasteiger partial charge is 0.412 e. The van der Waals surface area contributed by atoms with Crippen LogP contribution in [0.2, 0.25) is 0 Å². The number of nitrogens with zero attached hydrogens (tertiary/aromatic N) is 1. The van der Waals surface area contributed by atoms with Crippen LogP contribution in [0.3, 0.4) is 0 Å². The van der Waals surface area contributed by atoms with Gasteiger partial charge in [0.15, 0.2) is 0 Å². The number of halogens is 3. The zero-order valence-corrected chi connectivity index (χ0v) is 11.8. The fourth-order valence-electron chi connectivity index (χ4n) is 1.79. The number of methoxy groups -OCH3 is 1. The molecule has 1 heterocycles. The van der Waals surface area contributed by atoms with E-state index in [0.717, 1.165) is 10.4 Å². The number of alkyl halides is 3. The summed E-state index contributed by atoms with van der Waals surface area (Å²) in [5.41, 5.74) is -0.696. The van der Waals surface area contributed by atoms with Gasteiger partial charge in [0.05, 0.1) is 12.9 Å². The lowest BCUT2D eigenvalue weighted by atomic mass is 10.1. The van der Waals surface area contributed by atoms with Crippen LogP contribution in [-0.4, -0.2) is 50.8 Å². The van der Waals surface area contributed by atoms with Crippen molar-refractivity contribution in [3.63, 3.8) is 0 Å². The highest BCUT2D eigenvalue weighted by atomic mass is 32.2. The predicted molar refractivity (Wildman–Crippen MR) is 65.4 cm³/mol. The van der Waals surface area contributed by atoms with Gasteiger partial charge in [-0.25, -0.2) is 8.42 Å². The Morgan fingerprint density at radius 3 is 2.55 bits per heavy atom. The van der Waals surface area contributed by atoms with E-state index in [1.807, 2.05) is 0 Å². The summed E-state index contributed by atoms with van der Waals surface area (Å²) in [5, 5.41) is 0. The minimum atomic E-state index is -4.40. The van der Waals surface area contributed by atoms with Gasteiger partial charge in [-0.05, 0) is 12.8 Å². The molecule has 0 radical (unpaired) electrons. The van der Waals surface area contributed by atoms with Crippen LogP contribution in [0.5, 0.6) is 0 Å². The number of hydrogen-bond donors (Lipinski definition) is 0. The average Bonchev–Trinajstić information content (AvgIpc) is 2.37. The molecule has 0 aromatic heterocycles. The summed E-state index contributed by atoms with van der Waals surface area (Å²) in [7, 11) is -2.44. The Labute approximate surface area is 115 Å². The van der Waals surface area contributed by atoms with E-state index >= 15 is 0 Å². The van der Waals surface area contributed by atoms with Crippen molar-refractivity contribution in [2.24, 2.45) is 0 Å². The lowest BCUT2D eigenvalue weighted by Gasteiger charge is -2.26. The van der Waals surface area contributed by atoms with Crippen LogP contribution in [0.25, 0.3) is 0 Å². The zero-order chi connectivity index (χ0) is 15.4. The van der Waals surface area contributed by atoms with Gasteiger partial charge in [0, 0.05) is 25.1 Å². The van der Waals surface area contributed by atoms with Gasteiger partial charge < -0.3 is 4.74 Å². The van der Waals surface area contributed by atoms with Gasteiger partial charge in [0.25, 0.3) is 0 Å². The van der Waals surface area contributed by atoms with Crippen LogP contribution in [0.1, 0.15) is 19.3 Å². The second kappa shape index (κ2) is 6.57. The molecule has 0 amide bonds. The van der Waals surface area contributed by atoms with Gasteiger partial charge in [-0.3, -0.25) is 4.79 Å². The summed E-state index contributed by atoms with van der Waals surface area (Å²) in [5.74, 6) is -0.796. The maximum absolute atomic E-state index is 12.4. The standard InChI is InChI=1S/C11H16F3NO4S/c1-19-10(16)3-2-8-20(17,18)15-6-4-9(5-7-15)11(12,13)14/h4H,2-3,5-8H2,1H3. The molecule has 9 heteroatoms. The van der Waals surface area contributed by atoms with Crippen molar-refractivity contribution in [3.05, 3.63) is 11.6 Å². The molecular formula is C11H16F3NO4S.